The average Bonchev–Trinajstić information content (AvgIpc) is 3.03. The zero-order valence-electron chi connectivity index (χ0n) is 13.7. The number of alkyl halides is 5. The van der Waals surface area contributed by atoms with Crippen molar-refractivity contribution in [1.29, 1.82) is 0 Å². The Morgan fingerprint density at radius 1 is 1.15 bits per heavy atom. The summed E-state index contributed by atoms with van der Waals surface area (Å²) in [4.78, 5) is 0. The fourth-order valence-corrected chi connectivity index (χ4v) is 2.74. The van der Waals surface area contributed by atoms with E-state index in [2.05, 4.69) is 20.0 Å². The van der Waals surface area contributed by atoms with Gasteiger partial charge >= 0.3 is 6.36 Å². The summed E-state index contributed by atoms with van der Waals surface area (Å²) in [5.41, 5.74) is 0.937. The van der Waals surface area contributed by atoms with Crippen LogP contribution in [-0.4, -0.2) is 39.2 Å². The predicted molar refractivity (Wildman–Crippen MR) is 81.8 cm³/mol. The number of fused-ring (bicyclic) bond motifs is 1. The molecule has 0 aliphatic heterocycles. The minimum Gasteiger partial charge on any atom is -0.496 e. The lowest BCUT2D eigenvalue weighted by molar-refractivity contribution is -0.274. The molecule has 2 aromatic heterocycles. The Morgan fingerprint density at radius 3 is 2.52 bits per heavy atom. The van der Waals surface area contributed by atoms with Gasteiger partial charge in [0.2, 0.25) is 0 Å². The third kappa shape index (κ3) is 3.24. The zero-order chi connectivity index (χ0) is 19.4. The molecule has 4 rings (SSSR count). The molecule has 0 bridgehead atoms. The van der Waals surface area contributed by atoms with Crippen molar-refractivity contribution in [2.45, 2.75) is 24.6 Å². The molecule has 0 amide bonds. The van der Waals surface area contributed by atoms with Crippen LogP contribution in [-0.2, 0) is 0 Å². The smallest absolute Gasteiger partial charge is 0.496 e. The zero-order valence-corrected chi connectivity index (χ0v) is 13.7. The summed E-state index contributed by atoms with van der Waals surface area (Å²) in [5.74, 6) is -4.23. The first kappa shape index (κ1) is 17.4. The van der Waals surface area contributed by atoms with E-state index in [1.54, 1.807) is 6.07 Å². The molecule has 6 nitrogen and oxygen atoms in total. The van der Waals surface area contributed by atoms with E-state index in [0.717, 1.165) is 12.1 Å². The number of hydrogen-bond acceptors (Lipinski definition) is 5. The van der Waals surface area contributed by atoms with E-state index < -0.39 is 24.0 Å². The lowest BCUT2D eigenvalue weighted by atomic mass is 10.1. The Hall–Kier alpha value is -2.98. The van der Waals surface area contributed by atoms with Crippen LogP contribution in [0.1, 0.15) is 18.2 Å². The maximum Gasteiger partial charge on any atom is 0.573 e. The van der Waals surface area contributed by atoms with Crippen LogP contribution in [0.2, 0.25) is 0 Å². The highest BCUT2D eigenvalue weighted by molar-refractivity contribution is 5.69. The molecule has 1 aliphatic rings. The summed E-state index contributed by atoms with van der Waals surface area (Å²) in [6.07, 6.45) is -5.16. The molecule has 1 unspecified atom stereocenters. The Balaban J connectivity index is 1.74. The van der Waals surface area contributed by atoms with Crippen molar-refractivity contribution in [3.05, 3.63) is 36.2 Å². The summed E-state index contributed by atoms with van der Waals surface area (Å²) < 4.78 is 74.1. The fraction of sp³-hybridized carbons (Fsp3) is 0.312. The second-order valence-corrected chi connectivity index (χ2v) is 5.97. The number of rotatable bonds is 4. The van der Waals surface area contributed by atoms with E-state index in [1.807, 2.05) is 0 Å². The molecule has 0 spiro atoms. The van der Waals surface area contributed by atoms with E-state index in [0.29, 0.717) is 11.3 Å². The summed E-state index contributed by atoms with van der Waals surface area (Å²) in [6.45, 7) is 0. The SMILES string of the molecule is COc1cc(OC(F)(F)F)ccc1-c1ccc2nnc(C3CC3(F)F)n2n1. The fourth-order valence-electron chi connectivity index (χ4n) is 2.74. The summed E-state index contributed by atoms with van der Waals surface area (Å²) in [6, 6.07) is 6.58. The number of methoxy groups -OCH3 is 1. The van der Waals surface area contributed by atoms with Crippen LogP contribution in [0.4, 0.5) is 22.0 Å². The van der Waals surface area contributed by atoms with E-state index in [1.165, 1.54) is 23.8 Å². The van der Waals surface area contributed by atoms with E-state index in [-0.39, 0.29) is 23.6 Å². The minimum absolute atomic E-state index is 0.0350. The lowest BCUT2D eigenvalue weighted by Crippen LogP contribution is -2.17. The van der Waals surface area contributed by atoms with Crippen molar-refractivity contribution < 1.29 is 31.4 Å². The van der Waals surface area contributed by atoms with Gasteiger partial charge in [-0.25, -0.2) is 8.78 Å². The van der Waals surface area contributed by atoms with Crippen LogP contribution in [0.25, 0.3) is 16.9 Å². The van der Waals surface area contributed by atoms with Crippen molar-refractivity contribution >= 4 is 5.65 Å². The van der Waals surface area contributed by atoms with Crippen LogP contribution in [0.5, 0.6) is 11.5 Å². The third-order valence-electron chi connectivity index (χ3n) is 4.11. The van der Waals surface area contributed by atoms with Crippen molar-refractivity contribution in [3.63, 3.8) is 0 Å². The molecule has 0 radical (unpaired) electrons. The molecule has 1 fully saturated rings. The van der Waals surface area contributed by atoms with E-state index in [9.17, 15) is 22.0 Å². The minimum atomic E-state index is -4.84. The molecule has 1 saturated carbocycles. The molecule has 142 valence electrons. The standard InChI is InChI=1S/C16H11F5N4O2/c1-26-12-6-8(27-16(19,20)21)2-3-9(12)11-4-5-13-22-23-14(25(13)24-11)10-7-15(10,17)18/h2-6,10H,7H2,1H3. The van der Waals surface area contributed by atoms with Gasteiger partial charge in [-0.05, 0) is 24.3 Å². The number of hydrogen-bond donors (Lipinski definition) is 0. The molecule has 0 N–H and O–H groups in total. The highest BCUT2D eigenvalue weighted by atomic mass is 19.4. The maximum atomic E-state index is 13.4. The Labute approximate surface area is 148 Å². The molecule has 27 heavy (non-hydrogen) atoms. The van der Waals surface area contributed by atoms with Crippen LogP contribution in [0, 0.1) is 0 Å². The maximum absolute atomic E-state index is 13.4. The highest BCUT2D eigenvalue weighted by Crippen LogP contribution is 2.55. The van der Waals surface area contributed by atoms with Gasteiger partial charge in [-0.3, -0.25) is 0 Å². The molecular weight excluding hydrogens is 375 g/mol. The van der Waals surface area contributed by atoms with Crippen molar-refractivity contribution in [3.8, 4) is 22.8 Å². The second-order valence-electron chi connectivity index (χ2n) is 5.97. The Bertz CT molecular complexity index is 1020. The van der Waals surface area contributed by atoms with Gasteiger partial charge in [0.15, 0.2) is 11.5 Å². The molecule has 0 saturated heterocycles. The first-order valence-electron chi connectivity index (χ1n) is 7.72. The number of benzene rings is 1. The number of nitrogens with zero attached hydrogens (tertiary/aromatic N) is 4. The van der Waals surface area contributed by atoms with E-state index >= 15 is 0 Å². The van der Waals surface area contributed by atoms with Crippen molar-refractivity contribution in [2.24, 2.45) is 0 Å². The van der Waals surface area contributed by atoms with Gasteiger partial charge in [0.25, 0.3) is 5.92 Å². The van der Waals surface area contributed by atoms with Crippen LogP contribution in [0.15, 0.2) is 30.3 Å². The third-order valence-corrected chi connectivity index (χ3v) is 4.11. The summed E-state index contributed by atoms with van der Waals surface area (Å²) in [7, 11) is 1.28. The van der Waals surface area contributed by atoms with Crippen LogP contribution >= 0.6 is 0 Å². The Morgan fingerprint density at radius 2 is 1.89 bits per heavy atom. The highest BCUT2D eigenvalue weighted by Gasteiger charge is 2.60. The van der Waals surface area contributed by atoms with Gasteiger partial charge in [-0.15, -0.1) is 23.4 Å². The molecule has 3 aromatic rings. The lowest BCUT2D eigenvalue weighted by Gasteiger charge is -2.13. The quantitative estimate of drug-likeness (QED) is 0.638. The average molecular weight is 386 g/mol. The van der Waals surface area contributed by atoms with Gasteiger partial charge in [-0.2, -0.15) is 9.61 Å². The van der Waals surface area contributed by atoms with Gasteiger partial charge in [0.1, 0.15) is 11.5 Å². The topological polar surface area (TPSA) is 61.5 Å². The van der Waals surface area contributed by atoms with Gasteiger partial charge < -0.3 is 9.47 Å². The molecule has 1 atom stereocenters. The number of halogens is 5. The second kappa shape index (κ2) is 5.76. The van der Waals surface area contributed by atoms with Gasteiger partial charge in [0, 0.05) is 18.1 Å². The van der Waals surface area contributed by atoms with Crippen LogP contribution in [0.3, 0.4) is 0 Å². The van der Waals surface area contributed by atoms with Gasteiger partial charge in [-0.1, -0.05) is 0 Å². The predicted octanol–water partition coefficient (Wildman–Crippen LogP) is 3.82. The number of aromatic nitrogens is 4. The monoisotopic (exact) mass is 386 g/mol. The Kier molecular flexibility index (Phi) is 3.72. The molecule has 11 heteroatoms. The van der Waals surface area contributed by atoms with Crippen molar-refractivity contribution in [2.75, 3.05) is 7.11 Å². The molecule has 1 aromatic carbocycles. The van der Waals surface area contributed by atoms with Gasteiger partial charge in [0.05, 0.1) is 18.7 Å². The van der Waals surface area contributed by atoms with E-state index in [4.69, 9.17) is 4.74 Å². The first-order chi connectivity index (χ1) is 12.7. The molecule has 1 aliphatic carbocycles. The van der Waals surface area contributed by atoms with Crippen molar-refractivity contribution in [1.82, 2.24) is 19.8 Å². The first-order valence-corrected chi connectivity index (χ1v) is 7.72. The largest absolute Gasteiger partial charge is 0.573 e. The van der Waals surface area contributed by atoms with Crippen LogP contribution < -0.4 is 9.47 Å². The molecular formula is C16H11F5N4O2. The normalized spacial score (nSPS) is 18.5. The molecule has 2 heterocycles. The summed E-state index contributed by atoms with van der Waals surface area (Å²) >= 11 is 0. The summed E-state index contributed by atoms with van der Waals surface area (Å²) in [5, 5.41) is 11.9. The number of ether oxygens (including phenoxy) is 2.